The number of nitrogens with one attached hydrogen (secondary N) is 1. The zero-order valence-electron chi connectivity index (χ0n) is 17.0. The highest BCUT2D eigenvalue weighted by atomic mass is 16.5. The van der Waals surface area contributed by atoms with Gasteiger partial charge in [-0.3, -0.25) is 19.2 Å². The predicted octanol–water partition coefficient (Wildman–Crippen LogP) is 2.83. The summed E-state index contributed by atoms with van der Waals surface area (Å²) in [5, 5.41) is 7.11. The Morgan fingerprint density at radius 2 is 2.07 bits per heavy atom. The molecule has 1 fully saturated rings. The van der Waals surface area contributed by atoms with E-state index in [4.69, 9.17) is 9.15 Å². The molecule has 0 radical (unpaired) electrons. The number of aryl methyl sites for hydroxylation is 2. The van der Waals surface area contributed by atoms with Crippen LogP contribution in [-0.4, -0.2) is 34.2 Å². The molecule has 0 bridgehead atoms. The second kappa shape index (κ2) is 8.44. The third-order valence-corrected chi connectivity index (χ3v) is 5.01. The van der Waals surface area contributed by atoms with Crippen molar-refractivity contribution < 1.29 is 18.7 Å². The molecule has 0 unspecified atom stereocenters. The quantitative estimate of drug-likeness (QED) is 0.677. The Labute approximate surface area is 174 Å². The lowest BCUT2D eigenvalue weighted by Gasteiger charge is -2.32. The molecule has 0 saturated carbocycles. The van der Waals surface area contributed by atoms with E-state index in [9.17, 15) is 9.59 Å². The van der Waals surface area contributed by atoms with Crippen LogP contribution in [0.5, 0.6) is 5.75 Å². The van der Waals surface area contributed by atoms with Crippen molar-refractivity contribution in [3.63, 3.8) is 0 Å². The summed E-state index contributed by atoms with van der Waals surface area (Å²) in [4.78, 5) is 27.2. The highest BCUT2D eigenvalue weighted by molar-refractivity contribution is 6.01. The van der Waals surface area contributed by atoms with Gasteiger partial charge in [0.05, 0.1) is 5.69 Å². The van der Waals surface area contributed by atoms with Gasteiger partial charge in [-0.2, -0.15) is 5.10 Å². The number of rotatable bonds is 6. The topological polar surface area (TPSA) is 89.6 Å². The van der Waals surface area contributed by atoms with Crippen LogP contribution in [0, 0.1) is 6.92 Å². The van der Waals surface area contributed by atoms with Crippen LogP contribution in [0.25, 0.3) is 0 Å². The van der Waals surface area contributed by atoms with Crippen LogP contribution < -0.4 is 15.0 Å². The van der Waals surface area contributed by atoms with Crippen molar-refractivity contribution >= 4 is 17.6 Å². The van der Waals surface area contributed by atoms with E-state index in [1.807, 2.05) is 43.3 Å². The molecule has 1 aliphatic heterocycles. The number of anilines is 1. The average molecular weight is 408 g/mol. The second-order valence-electron chi connectivity index (χ2n) is 7.29. The molecule has 8 nitrogen and oxygen atoms in total. The molecule has 30 heavy (non-hydrogen) atoms. The zero-order chi connectivity index (χ0) is 21.1. The van der Waals surface area contributed by atoms with Crippen LogP contribution >= 0.6 is 0 Å². The van der Waals surface area contributed by atoms with Gasteiger partial charge in [0.1, 0.15) is 30.0 Å². The summed E-state index contributed by atoms with van der Waals surface area (Å²) in [7, 11) is 1.81. The van der Waals surface area contributed by atoms with E-state index in [-0.39, 0.29) is 18.3 Å². The Balaban J connectivity index is 1.38. The maximum atomic E-state index is 12.9. The summed E-state index contributed by atoms with van der Waals surface area (Å²) in [6, 6.07) is 13.9. The number of furan rings is 1. The molecule has 1 N–H and O–H groups in total. The third-order valence-electron chi connectivity index (χ3n) is 5.01. The maximum Gasteiger partial charge on any atom is 0.287 e. The van der Waals surface area contributed by atoms with Gasteiger partial charge in [0.25, 0.3) is 11.8 Å². The lowest BCUT2D eigenvalue weighted by Crippen LogP contribution is -2.52. The summed E-state index contributed by atoms with van der Waals surface area (Å²) in [6.07, 6.45) is 1.37. The number of ether oxygens (including phenoxy) is 1. The molecule has 8 heteroatoms. The van der Waals surface area contributed by atoms with Crippen LogP contribution in [0.15, 0.2) is 52.9 Å². The summed E-state index contributed by atoms with van der Waals surface area (Å²) in [5.74, 6) is 1.58. The van der Waals surface area contributed by atoms with Gasteiger partial charge in [0.2, 0.25) is 0 Å². The number of benzene rings is 1. The van der Waals surface area contributed by atoms with Gasteiger partial charge >= 0.3 is 0 Å². The fraction of sp³-hybridized carbons (Fsp3) is 0.318. The van der Waals surface area contributed by atoms with Gasteiger partial charge in [-0.15, -0.1) is 0 Å². The molecule has 0 spiro atoms. The summed E-state index contributed by atoms with van der Waals surface area (Å²) < 4.78 is 12.9. The molecule has 1 saturated heterocycles. The Kier molecular flexibility index (Phi) is 5.56. The van der Waals surface area contributed by atoms with Gasteiger partial charge in [-0.1, -0.05) is 18.2 Å². The number of nitrogens with zero attached hydrogens (tertiary/aromatic N) is 3. The normalized spacial score (nSPS) is 16.5. The van der Waals surface area contributed by atoms with Gasteiger partial charge in [0.15, 0.2) is 5.76 Å². The molecule has 1 aromatic carbocycles. The van der Waals surface area contributed by atoms with Gasteiger partial charge in [-0.05, 0) is 44.0 Å². The first kappa shape index (κ1) is 19.8. The summed E-state index contributed by atoms with van der Waals surface area (Å²) in [5.41, 5.74) is 0.840. The number of amides is 2. The number of carbonyl (C=O) groups is 2. The first-order valence-corrected chi connectivity index (χ1v) is 9.91. The molecule has 3 heterocycles. The van der Waals surface area contributed by atoms with Crippen molar-refractivity contribution in [1.82, 2.24) is 15.1 Å². The molecule has 156 valence electrons. The lowest BCUT2D eigenvalue weighted by atomic mass is 10.0. The number of para-hydroxylation sites is 1. The van der Waals surface area contributed by atoms with Crippen molar-refractivity contribution in [2.45, 2.75) is 32.4 Å². The minimum absolute atomic E-state index is 0.142. The lowest BCUT2D eigenvalue weighted by molar-refractivity contribution is -0.121. The smallest absolute Gasteiger partial charge is 0.287 e. The van der Waals surface area contributed by atoms with E-state index >= 15 is 0 Å². The third kappa shape index (κ3) is 4.22. The highest BCUT2D eigenvalue weighted by Gasteiger charge is 2.33. The number of hydrogen-bond donors (Lipinski definition) is 1. The molecule has 1 atom stereocenters. The highest BCUT2D eigenvalue weighted by Crippen LogP contribution is 2.22. The van der Waals surface area contributed by atoms with Crippen LogP contribution in [0.4, 0.5) is 5.82 Å². The monoisotopic (exact) mass is 408 g/mol. The summed E-state index contributed by atoms with van der Waals surface area (Å²) in [6.45, 7) is 2.70. The first-order valence-electron chi connectivity index (χ1n) is 9.91. The SMILES string of the molecule is Cc1cc(N2CCC[C@H](NC(=O)c3ccc(COc4ccccc4)o3)C2=O)n(C)n1. The first-order chi connectivity index (χ1) is 14.5. The fourth-order valence-electron chi connectivity index (χ4n) is 3.56. The van der Waals surface area contributed by atoms with Crippen LogP contribution in [-0.2, 0) is 18.4 Å². The molecule has 3 aromatic rings. The minimum atomic E-state index is -0.601. The zero-order valence-corrected chi connectivity index (χ0v) is 17.0. The largest absolute Gasteiger partial charge is 0.486 e. The molecule has 0 aliphatic carbocycles. The van der Waals surface area contributed by atoms with Crippen LogP contribution in [0.3, 0.4) is 0 Å². The molecule has 2 amide bonds. The number of carbonyl (C=O) groups excluding carboxylic acids is 2. The van der Waals surface area contributed by atoms with E-state index in [0.717, 1.165) is 23.7 Å². The number of hydrogen-bond acceptors (Lipinski definition) is 5. The number of aromatic nitrogens is 2. The van der Waals surface area contributed by atoms with E-state index in [1.54, 1.807) is 28.8 Å². The Morgan fingerprint density at radius 1 is 1.27 bits per heavy atom. The van der Waals surface area contributed by atoms with Crippen LogP contribution in [0.2, 0.25) is 0 Å². The Morgan fingerprint density at radius 3 is 2.80 bits per heavy atom. The van der Waals surface area contributed by atoms with Crippen molar-refractivity contribution in [3.8, 4) is 5.75 Å². The molecule has 2 aromatic heterocycles. The minimum Gasteiger partial charge on any atom is -0.486 e. The maximum absolute atomic E-state index is 12.9. The predicted molar refractivity (Wildman–Crippen MR) is 110 cm³/mol. The van der Waals surface area contributed by atoms with Crippen molar-refractivity contribution in [1.29, 1.82) is 0 Å². The van der Waals surface area contributed by atoms with Crippen molar-refractivity contribution in [3.05, 3.63) is 65.7 Å². The average Bonchev–Trinajstić information content (AvgIpc) is 3.35. The molecular formula is C22H24N4O4. The Bertz CT molecular complexity index is 1040. The van der Waals surface area contributed by atoms with Crippen molar-refractivity contribution in [2.75, 3.05) is 11.4 Å². The fourth-order valence-corrected chi connectivity index (χ4v) is 3.56. The van der Waals surface area contributed by atoms with Gasteiger partial charge in [-0.25, -0.2) is 0 Å². The standard InChI is InChI=1S/C22H24N4O4/c1-15-13-20(25(2)24-15)26-12-6-9-18(22(26)28)23-21(27)19-11-10-17(30-19)14-29-16-7-4-3-5-8-16/h3-5,7-8,10-11,13,18H,6,9,12,14H2,1-2H3,(H,23,27)/t18-/m0/s1. The number of piperidine rings is 1. The van der Waals surface area contributed by atoms with Crippen molar-refractivity contribution in [2.24, 2.45) is 7.05 Å². The van der Waals surface area contributed by atoms with Crippen LogP contribution in [0.1, 0.15) is 34.9 Å². The Hall–Kier alpha value is -3.55. The molecule has 4 rings (SSSR count). The van der Waals surface area contributed by atoms with E-state index in [2.05, 4.69) is 10.4 Å². The second-order valence-corrected chi connectivity index (χ2v) is 7.29. The van der Waals surface area contributed by atoms with E-state index in [1.165, 1.54) is 0 Å². The summed E-state index contributed by atoms with van der Waals surface area (Å²) >= 11 is 0. The van der Waals surface area contributed by atoms with E-state index < -0.39 is 11.9 Å². The van der Waals surface area contributed by atoms with E-state index in [0.29, 0.717) is 18.7 Å². The van der Waals surface area contributed by atoms with Gasteiger partial charge < -0.3 is 14.5 Å². The molecule has 1 aliphatic rings. The van der Waals surface area contributed by atoms with Gasteiger partial charge in [0, 0.05) is 19.7 Å². The molecular weight excluding hydrogens is 384 g/mol.